The van der Waals surface area contributed by atoms with Crippen LogP contribution in [0.2, 0.25) is 0 Å². The molecular formula is C19H22N2O3. The van der Waals surface area contributed by atoms with Crippen LogP contribution in [0.1, 0.15) is 30.4 Å². The summed E-state index contributed by atoms with van der Waals surface area (Å²) in [4.78, 5) is 28.2. The Morgan fingerprint density at radius 3 is 2.75 bits per heavy atom. The molecule has 5 nitrogen and oxygen atoms in total. The molecule has 0 unspecified atom stereocenters. The molecule has 0 radical (unpaired) electrons. The Morgan fingerprint density at radius 1 is 1.25 bits per heavy atom. The van der Waals surface area contributed by atoms with Gasteiger partial charge in [0.2, 0.25) is 5.91 Å². The lowest BCUT2D eigenvalue weighted by Gasteiger charge is -2.41. The van der Waals surface area contributed by atoms with Crippen LogP contribution in [0.25, 0.3) is 5.57 Å². The molecule has 0 fully saturated rings. The van der Waals surface area contributed by atoms with Gasteiger partial charge in [0.25, 0.3) is 0 Å². The summed E-state index contributed by atoms with van der Waals surface area (Å²) in [5.74, 6) is 0.0479. The Balaban J connectivity index is 1.84. The quantitative estimate of drug-likeness (QED) is 0.741. The fourth-order valence-electron chi connectivity index (χ4n) is 4.56. The number of nitrogens with zero attached hydrogens (tertiary/aromatic N) is 2. The molecule has 1 amide bonds. The van der Waals surface area contributed by atoms with Gasteiger partial charge in [0.1, 0.15) is 0 Å². The van der Waals surface area contributed by atoms with Crippen molar-refractivity contribution in [2.45, 2.75) is 25.3 Å². The van der Waals surface area contributed by atoms with Gasteiger partial charge < -0.3 is 9.64 Å². The van der Waals surface area contributed by atoms with Gasteiger partial charge in [-0.1, -0.05) is 18.2 Å². The summed E-state index contributed by atoms with van der Waals surface area (Å²) in [6.07, 6.45) is 3.07. The van der Waals surface area contributed by atoms with Crippen LogP contribution in [0, 0.1) is 5.92 Å². The highest BCUT2D eigenvalue weighted by Gasteiger charge is 2.43. The van der Waals surface area contributed by atoms with Crippen LogP contribution in [0.4, 0.5) is 5.69 Å². The molecule has 0 bridgehead atoms. The smallest absolute Gasteiger partial charge is 0.313 e. The molecule has 1 aromatic carbocycles. The van der Waals surface area contributed by atoms with Gasteiger partial charge in [0.05, 0.1) is 13.0 Å². The first-order chi connectivity index (χ1) is 11.5. The van der Waals surface area contributed by atoms with Gasteiger partial charge in [-0.2, -0.15) is 0 Å². The van der Waals surface area contributed by atoms with Crippen LogP contribution in [-0.4, -0.2) is 50.1 Å². The molecule has 2 heterocycles. The maximum atomic E-state index is 12.0. The number of amides is 1. The minimum Gasteiger partial charge on any atom is -0.469 e. The summed E-state index contributed by atoms with van der Waals surface area (Å²) in [5.41, 5.74) is 4.71. The SMILES string of the molecule is COC(=O)[C@@H]1C=C2c3cccc4c3[C@H](C[C@H]2N(C)C1)CN4C(C)=O. The number of anilines is 1. The fraction of sp³-hybridized carbons (Fsp3) is 0.474. The second-order valence-electron chi connectivity index (χ2n) is 7.01. The molecule has 5 heteroatoms. The Hall–Kier alpha value is -2.14. The van der Waals surface area contributed by atoms with E-state index in [0.717, 1.165) is 18.7 Å². The molecule has 3 atom stereocenters. The highest BCUT2D eigenvalue weighted by Crippen LogP contribution is 2.50. The Labute approximate surface area is 141 Å². The lowest BCUT2D eigenvalue weighted by atomic mass is 9.74. The average molecular weight is 326 g/mol. The van der Waals surface area contributed by atoms with E-state index in [4.69, 9.17) is 4.74 Å². The van der Waals surface area contributed by atoms with Crippen molar-refractivity contribution in [2.24, 2.45) is 5.92 Å². The maximum absolute atomic E-state index is 12.0. The predicted octanol–water partition coefficient (Wildman–Crippen LogP) is 2.03. The number of rotatable bonds is 1. The topological polar surface area (TPSA) is 49.9 Å². The number of benzene rings is 1. The standard InChI is InChI=1S/C19H22N2O3/c1-11(22)21-10-12-8-17-15(14-5-4-6-16(21)18(12)14)7-13(9-20(17)2)19(23)24-3/h4-7,12-13,17H,8-10H2,1-3H3/t12-,13-,17-/m1/s1. The van der Waals surface area contributed by atoms with E-state index in [9.17, 15) is 9.59 Å². The number of hydrogen-bond donors (Lipinski definition) is 0. The molecule has 1 aliphatic carbocycles. The number of carbonyl (C=O) groups is 2. The van der Waals surface area contributed by atoms with Crippen molar-refractivity contribution >= 4 is 23.1 Å². The van der Waals surface area contributed by atoms with E-state index in [-0.39, 0.29) is 17.8 Å². The van der Waals surface area contributed by atoms with Gasteiger partial charge in [-0.15, -0.1) is 0 Å². The minimum absolute atomic E-state index is 0.0931. The lowest BCUT2D eigenvalue weighted by Crippen LogP contribution is -2.45. The molecule has 1 aromatic rings. The molecular weight excluding hydrogens is 304 g/mol. The zero-order valence-electron chi connectivity index (χ0n) is 14.3. The second-order valence-corrected chi connectivity index (χ2v) is 7.01. The van der Waals surface area contributed by atoms with E-state index >= 15 is 0 Å². The summed E-state index contributed by atoms with van der Waals surface area (Å²) in [6, 6.07) is 6.47. The van der Waals surface area contributed by atoms with Crippen LogP contribution in [0.15, 0.2) is 24.3 Å². The summed E-state index contributed by atoms with van der Waals surface area (Å²) in [7, 11) is 3.51. The number of likely N-dealkylation sites (N-methyl/N-ethyl adjacent to an activating group) is 1. The number of esters is 1. The van der Waals surface area contributed by atoms with E-state index in [1.54, 1.807) is 6.92 Å². The highest BCUT2D eigenvalue weighted by atomic mass is 16.5. The molecule has 0 N–H and O–H groups in total. The van der Waals surface area contributed by atoms with Crippen molar-refractivity contribution in [2.75, 3.05) is 32.1 Å². The average Bonchev–Trinajstić information content (AvgIpc) is 2.95. The second kappa shape index (κ2) is 5.45. The van der Waals surface area contributed by atoms with Gasteiger partial charge in [0, 0.05) is 37.7 Å². The number of hydrogen-bond acceptors (Lipinski definition) is 4. The zero-order valence-corrected chi connectivity index (χ0v) is 14.3. The van der Waals surface area contributed by atoms with Crippen molar-refractivity contribution < 1.29 is 14.3 Å². The van der Waals surface area contributed by atoms with Crippen LogP contribution in [0.3, 0.4) is 0 Å². The predicted molar refractivity (Wildman–Crippen MR) is 91.7 cm³/mol. The first kappa shape index (κ1) is 15.4. The van der Waals surface area contributed by atoms with Crippen LogP contribution in [-0.2, 0) is 14.3 Å². The Bertz CT molecular complexity index is 755. The molecule has 0 saturated carbocycles. The summed E-state index contributed by atoms with van der Waals surface area (Å²) in [6.45, 7) is 3.07. The van der Waals surface area contributed by atoms with Gasteiger partial charge in [-0.05, 0) is 36.2 Å². The molecule has 24 heavy (non-hydrogen) atoms. The van der Waals surface area contributed by atoms with E-state index in [1.807, 2.05) is 17.0 Å². The van der Waals surface area contributed by atoms with Crippen LogP contribution >= 0.6 is 0 Å². The van der Waals surface area contributed by atoms with E-state index in [0.29, 0.717) is 18.5 Å². The van der Waals surface area contributed by atoms with E-state index in [1.165, 1.54) is 23.8 Å². The Morgan fingerprint density at radius 2 is 2.04 bits per heavy atom. The molecule has 3 aliphatic rings. The highest BCUT2D eigenvalue weighted by molar-refractivity contribution is 5.96. The van der Waals surface area contributed by atoms with Gasteiger partial charge in [0.15, 0.2) is 0 Å². The summed E-state index contributed by atoms with van der Waals surface area (Å²) >= 11 is 0. The number of carbonyl (C=O) groups excluding carboxylic acids is 2. The fourth-order valence-corrected chi connectivity index (χ4v) is 4.56. The van der Waals surface area contributed by atoms with Crippen LogP contribution < -0.4 is 4.90 Å². The van der Waals surface area contributed by atoms with Crippen molar-refractivity contribution in [3.63, 3.8) is 0 Å². The molecule has 4 rings (SSSR count). The molecule has 126 valence electrons. The number of methoxy groups -OCH3 is 1. The zero-order chi connectivity index (χ0) is 17.0. The number of ether oxygens (including phenoxy) is 1. The van der Waals surface area contributed by atoms with Crippen molar-refractivity contribution in [3.05, 3.63) is 35.4 Å². The summed E-state index contributed by atoms with van der Waals surface area (Å²) < 4.78 is 4.95. The minimum atomic E-state index is -0.232. The van der Waals surface area contributed by atoms with Gasteiger partial charge >= 0.3 is 5.97 Å². The van der Waals surface area contributed by atoms with Gasteiger partial charge in [-0.3, -0.25) is 14.5 Å². The van der Waals surface area contributed by atoms with E-state index < -0.39 is 0 Å². The summed E-state index contributed by atoms with van der Waals surface area (Å²) in [5, 5.41) is 0. The first-order valence-corrected chi connectivity index (χ1v) is 8.42. The number of fused-ring (bicyclic) bond motifs is 2. The monoisotopic (exact) mass is 326 g/mol. The normalized spacial score (nSPS) is 28.0. The molecule has 0 spiro atoms. The van der Waals surface area contributed by atoms with E-state index in [2.05, 4.69) is 24.1 Å². The molecule has 2 aliphatic heterocycles. The third-order valence-electron chi connectivity index (χ3n) is 5.64. The van der Waals surface area contributed by atoms with Gasteiger partial charge in [-0.25, -0.2) is 0 Å². The third-order valence-corrected chi connectivity index (χ3v) is 5.64. The maximum Gasteiger partial charge on any atom is 0.313 e. The molecule has 0 saturated heterocycles. The van der Waals surface area contributed by atoms with Crippen molar-refractivity contribution in [1.82, 2.24) is 4.90 Å². The van der Waals surface area contributed by atoms with Crippen molar-refractivity contribution in [3.8, 4) is 0 Å². The first-order valence-electron chi connectivity index (χ1n) is 8.42. The Kier molecular flexibility index (Phi) is 3.49. The van der Waals surface area contributed by atoms with Crippen molar-refractivity contribution in [1.29, 1.82) is 0 Å². The third kappa shape index (κ3) is 2.11. The van der Waals surface area contributed by atoms with Crippen LogP contribution in [0.5, 0.6) is 0 Å². The lowest BCUT2D eigenvalue weighted by molar-refractivity contribution is -0.144. The molecule has 0 aromatic heterocycles. The largest absolute Gasteiger partial charge is 0.469 e.